The van der Waals surface area contributed by atoms with E-state index in [1.807, 2.05) is 62.6 Å². The number of aromatic nitrogens is 2. The van der Waals surface area contributed by atoms with Crippen molar-refractivity contribution in [2.75, 3.05) is 20.6 Å². The monoisotopic (exact) mass is 348 g/mol. The molecule has 1 aromatic heterocycles. The number of aromatic amines is 1. The molecule has 1 heterocycles. The first-order chi connectivity index (χ1) is 12.6. The van der Waals surface area contributed by atoms with E-state index >= 15 is 0 Å². The lowest BCUT2D eigenvalue weighted by molar-refractivity contribution is 0.0932. The van der Waals surface area contributed by atoms with Crippen molar-refractivity contribution in [3.05, 3.63) is 78.0 Å². The summed E-state index contributed by atoms with van der Waals surface area (Å²) in [5.41, 5.74) is 3.71. The Morgan fingerprint density at radius 1 is 1.08 bits per heavy atom. The van der Waals surface area contributed by atoms with Gasteiger partial charge in [-0.1, -0.05) is 42.5 Å². The third-order valence-electron chi connectivity index (χ3n) is 4.33. The van der Waals surface area contributed by atoms with E-state index in [0.29, 0.717) is 5.56 Å². The van der Waals surface area contributed by atoms with Gasteiger partial charge in [0, 0.05) is 11.8 Å². The molecule has 3 rings (SSSR count). The van der Waals surface area contributed by atoms with Gasteiger partial charge in [-0.05, 0) is 56.4 Å². The van der Waals surface area contributed by atoms with E-state index in [1.165, 1.54) is 0 Å². The van der Waals surface area contributed by atoms with Gasteiger partial charge in [0.2, 0.25) is 0 Å². The van der Waals surface area contributed by atoms with E-state index < -0.39 is 0 Å². The third kappa shape index (κ3) is 4.58. The highest BCUT2D eigenvalue weighted by atomic mass is 16.1. The summed E-state index contributed by atoms with van der Waals surface area (Å²) in [6, 6.07) is 19.6. The van der Waals surface area contributed by atoms with Gasteiger partial charge in [0.1, 0.15) is 0 Å². The first kappa shape index (κ1) is 17.9. The Bertz CT molecular complexity index is 811. The molecule has 1 amide bonds. The van der Waals surface area contributed by atoms with E-state index in [4.69, 9.17) is 0 Å². The average molecular weight is 348 g/mol. The molecule has 0 saturated carbocycles. The van der Waals surface area contributed by atoms with Crippen LogP contribution in [0.25, 0.3) is 11.3 Å². The van der Waals surface area contributed by atoms with Crippen molar-refractivity contribution >= 4 is 5.91 Å². The van der Waals surface area contributed by atoms with Gasteiger partial charge < -0.3 is 10.2 Å². The van der Waals surface area contributed by atoms with Crippen molar-refractivity contribution < 1.29 is 4.79 Å². The van der Waals surface area contributed by atoms with Crippen LogP contribution in [0.2, 0.25) is 0 Å². The Balaban J connectivity index is 1.72. The topological polar surface area (TPSA) is 61.0 Å². The molecule has 0 spiro atoms. The Morgan fingerprint density at radius 3 is 2.42 bits per heavy atom. The molecule has 26 heavy (non-hydrogen) atoms. The normalized spacial score (nSPS) is 12.1. The van der Waals surface area contributed by atoms with Crippen LogP contribution in [0, 0.1) is 0 Å². The molecule has 0 aliphatic rings. The maximum absolute atomic E-state index is 12.7. The van der Waals surface area contributed by atoms with Gasteiger partial charge in [-0.2, -0.15) is 5.10 Å². The zero-order chi connectivity index (χ0) is 18.4. The Kier molecular flexibility index (Phi) is 5.81. The summed E-state index contributed by atoms with van der Waals surface area (Å²) >= 11 is 0. The van der Waals surface area contributed by atoms with Crippen LogP contribution in [0.15, 0.2) is 66.9 Å². The van der Waals surface area contributed by atoms with Crippen molar-refractivity contribution in [2.45, 2.75) is 12.5 Å². The van der Waals surface area contributed by atoms with Crippen LogP contribution in [-0.4, -0.2) is 41.6 Å². The predicted molar refractivity (Wildman–Crippen MR) is 104 cm³/mol. The molecular formula is C21H24N4O. The van der Waals surface area contributed by atoms with E-state index in [-0.39, 0.29) is 11.9 Å². The van der Waals surface area contributed by atoms with Gasteiger partial charge in [0.05, 0.1) is 11.7 Å². The Labute approximate surface area is 154 Å². The fourth-order valence-electron chi connectivity index (χ4n) is 2.85. The highest BCUT2D eigenvalue weighted by Gasteiger charge is 2.16. The van der Waals surface area contributed by atoms with Gasteiger partial charge in [0.15, 0.2) is 0 Å². The molecule has 3 aromatic rings. The van der Waals surface area contributed by atoms with Crippen LogP contribution in [0.3, 0.4) is 0 Å². The zero-order valence-corrected chi connectivity index (χ0v) is 15.1. The Hall–Kier alpha value is -2.92. The number of benzene rings is 2. The summed E-state index contributed by atoms with van der Waals surface area (Å²) < 4.78 is 0. The largest absolute Gasteiger partial charge is 0.345 e. The third-order valence-corrected chi connectivity index (χ3v) is 4.33. The van der Waals surface area contributed by atoms with Crippen molar-refractivity contribution in [2.24, 2.45) is 0 Å². The number of rotatable bonds is 7. The SMILES string of the molecule is CN(C)CC[C@H](NC(=O)c1ccc(-c2ccn[nH]2)cc1)c1ccccc1. The van der Waals surface area contributed by atoms with Crippen LogP contribution in [0.4, 0.5) is 0 Å². The van der Waals surface area contributed by atoms with E-state index in [2.05, 4.69) is 32.5 Å². The molecule has 5 nitrogen and oxygen atoms in total. The number of carbonyl (C=O) groups excluding carboxylic acids is 1. The second kappa shape index (κ2) is 8.45. The van der Waals surface area contributed by atoms with E-state index in [1.54, 1.807) is 6.20 Å². The molecule has 2 N–H and O–H groups in total. The molecule has 134 valence electrons. The lowest BCUT2D eigenvalue weighted by atomic mass is 10.0. The first-order valence-electron chi connectivity index (χ1n) is 8.74. The molecule has 0 fully saturated rings. The molecule has 0 unspecified atom stereocenters. The minimum absolute atomic E-state index is 0.0154. The molecule has 0 saturated heterocycles. The summed E-state index contributed by atoms with van der Waals surface area (Å²) in [5.74, 6) is -0.0613. The number of nitrogens with zero attached hydrogens (tertiary/aromatic N) is 2. The van der Waals surface area contributed by atoms with E-state index in [9.17, 15) is 4.79 Å². The maximum Gasteiger partial charge on any atom is 0.251 e. The Morgan fingerprint density at radius 2 is 1.81 bits per heavy atom. The van der Waals surface area contributed by atoms with Gasteiger partial charge in [-0.15, -0.1) is 0 Å². The number of amides is 1. The fourth-order valence-corrected chi connectivity index (χ4v) is 2.85. The van der Waals surface area contributed by atoms with Gasteiger partial charge in [-0.25, -0.2) is 0 Å². The summed E-state index contributed by atoms with van der Waals surface area (Å²) in [6.07, 6.45) is 2.57. The lowest BCUT2D eigenvalue weighted by Crippen LogP contribution is -2.31. The maximum atomic E-state index is 12.7. The zero-order valence-electron chi connectivity index (χ0n) is 15.1. The van der Waals surface area contributed by atoms with Crippen LogP contribution in [-0.2, 0) is 0 Å². The van der Waals surface area contributed by atoms with Crippen molar-refractivity contribution in [1.29, 1.82) is 0 Å². The molecule has 2 aromatic carbocycles. The number of hydrogen-bond acceptors (Lipinski definition) is 3. The number of nitrogens with one attached hydrogen (secondary N) is 2. The number of hydrogen-bond donors (Lipinski definition) is 2. The van der Waals surface area contributed by atoms with Gasteiger partial charge in [0.25, 0.3) is 5.91 Å². The molecule has 0 radical (unpaired) electrons. The quantitative estimate of drug-likeness (QED) is 0.687. The summed E-state index contributed by atoms with van der Waals surface area (Å²) in [4.78, 5) is 14.9. The summed E-state index contributed by atoms with van der Waals surface area (Å²) in [6.45, 7) is 0.901. The number of H-pyrrole nitrogens is 1. The molecule has 0 bridgehead atoms. The van der Waals surface area contributed by atoms with Crippen molar-refractivity contribution in [3.8, 4) is 11.3 Å². The second-order valence-corrected chi connectivity index (χ2v) is 6.58. The standard InChI is InChI=1S/C21H24N4O/c1-25(2)15-13-19(16-6-4-3-5-7-16)23-21(26)18-10-8-17(9-11-18)20-12-14-22-24-20/h3-12,14,19H,13,15H2,1-2H3,(H,22,24)(H,23,26)/t19-/m0/s1. The van der Waals surface area contributed by atoms with Crippen LogP contribution >= 0.6 is 0 Å². The van der Waals surface area contributed by atoms with Gasteiger partial charge in [-0.3, -0.25) is 9.89 Å². The lowest BCUT2D eigenvalue weighted by Gasteiger charge is -2.21. The highest BCUT2D eigenvalue weighted by molar-refractivity contribution is 5.94. The second-order valence-electron chi connectivity index (χ2n) is 6.58. The predicted octanol–water partition coefficient (Wildman–Crippen LogP) is 3.50. The smallest absolute Gasteiger partial charge is 0.251 e. The number of carbonyl (C=O) groups is 1. The van der Waals surface area contributed by atoms with Gasteiger partial charge >= 0.3 is 0 Å². The van der Waals surface area contributed by atoms with Crippen molar-refractivity contribution in [3.63, 3.8) is 0 Å². The summed E-state index contributed by atoms with van der Waals surface area (Å²) in [5, 5.41) is 10.1. The highest BCUT2D eigenvalue weighted by Crippen LogP contribution is 2.19. The van der Waals surface area contributed by atoms with Crippen LogP contribution in [0.1, 0.15) is 28.4 Å². The first-order valence-corrected chi connectivity index (χ1v) is 8.74. The molecular weight excluding hydrogens is 324 g/mol. The van der Waals surface area contributed by atoms with Crippen molar-refractivity contribution in [1.82, 2.24) is 20.4 Å². The van der Waals surface area contributed by atoms with E-state index in [0.717, 1.165) is 29.8 Å². The molecule has 0 aliphatic carbocycles. The fraction of sp³-hybridized carbons (Fsp3) is 0.238. The minimum atomic E-state index is -0.0613. The molecule has 1 atom stereocenters. The van der Waals surface area contributed by atoms with Crippen LogP contribution < -0.4 is 5.32 Å². The minimum Gasteiger partial charge on any atom is -0.345 e. The summed E-state index contributed by atoms with van der Waals surface area (Å²) in [7, 11) is 4.08. The molecule has 5 heteroatoms. The molecule has 0 aliphatic heterocycles. The average Bonchev–Trinajstić information content (AvgIpc) is 3.20. The van der Waals surface area contributed by atoms with Crippen LogP contribution in [0.5, 0.6) is 0 Å².